The van der Waals surface area contributed by atoms with Gasteiger partial charge in [0.25, 0.3) is 0 Å². The summed E-state index contributed by atoms with van der Waals surface area (Å²) < 4.78 is 2.76. The van der Waals surface area contributed by atoms with Crippen LogP contribution in [0.1, 0.15) is 31.2 Å². The summed E-state index contributed by atoms with van der Waals surface area (Å²) in [7, 11) is 0. The summed E-state index contributed by atoms with van der Waals surface area (Å²) in [5.41, 5.74) is 4.13. The number of hydrogen-bond acceptors (Lipinski definition) is 4. The van der Waals surface area contributed by atoms with Crippen LogP contribution in [-0.2, 0) is 0 Å². The van der Waals surface area contributed by atoms with Crippen LogP contribution in [0.5, 0.6) is 0 Å². The third kappa shape index (κ3) is 4.17. The fraction of sp³-hybridized carbons (Fsp3) is 0.318. The lowest BCUT2D eigenvalue weighted by Gasteiger charge is -2.13. The molecule has 1 aliphatic rings. The van der Waals surface area contributed by atoms with E-state index >= 15 is 0 Å². The average Bonchev–Trinajstić information content (AvgIpc) is 2.91. The van der Waals surface area contributed by atoms with Crippen molar-refractivity contribution in [3.05, 3.63) is 58.8 Å². The molecule has 2 aromatic heterocycles. The van der Waals surface area contributed by atoms with E-state index in [4.69, 9.17) is 4.98 Å². The van der Waals surface area contributed by atoms with Crippen LogP contribution in [0.3, 0.4) is 0 Å². The minimum atomic E-state index is 0.565. The monoisotopic (exact) mass is 437 g/mol. The second-order valence-corrected chi connectivity index (χ2v) is 8.01. The SMILES string of the molecule is Cc1ccccc1-c1cc(NCCC[C@H]2C=NC=CCC2)n2ncc(Br)c2n1. The molecule has 1 N–H and O–H groups in total. The molecule has 0 unspecified atom stereocenters. The second-order valence-electron chi connectivity index (χ2n) is 7.16. The Labute approximate surface area is 173 Å². The summed E-state index contributed by atoms with van der Waals surface area (Å²) in [4.78, 5) is 9.16. The van der Waals surface area contributed by atoms with Gasteiger partial charge in [0.2, 0.25) is 0 Å². The summed E-state index contributed by atoms with van der Waals surface area (Å²) in [5, 5.41) is 8.04. The number of rotatable bonds is 6. The standard InChI is InChI=1S/C22H24BrN5/c1-16-7-2-3-10-18(16)20-13-21(28-22(27-20)19(23)15-26-28)25-12-6-9-17-8-4-5-11-24-14-17/h2-3,5,7,10-11,13-15,17,25H,4,6,8-9,12H2,1H3/t17-/m0/s1. The first-order chi connectivity index (χ1) is 13.7. The van der Waals surface area contributed by atoms with Gasteiger partial charge in [0, 0.05) is 30.6 Å². The maximum atomic E-state index is 4.83. The van der Waals surface area contributed by atoms with Crippen LogP contribution in [0.2, 0.25) is 0 Å². The first kappa shape index (κ1) is 18.9. The Hall–Kier alpha value is -2.47. The van der Waals surface area contributed by atoms with Crippen molar-refractivity contribution >= 4 is 33.6 Å². The first-order valence-corrected chi connectivity index (χ1v) is 10.5. The minimum Gasteiger partial charge on any atom is -0.370 e. The van der Waals surface area contributed by atoms with Crippen molar-refractivity contribution in [1.82, 2.24) is 14.6 Å². The number of nitrogens with zero attached hydrogens (tertiary/aromatic N) is 4. The average molecular weight is 438 g/mol. The van der Waals surface area contributed by atoms with Crippen molar-refractivity contribution < 1.29 is 0 Å². The number of nitrogens with one attached hydrogen (secondary N) is 1. The molecule has 3 aromatic rings. The molecule has 4 rings (SSSR count). The number of hydrogen-bond donors (Lipinski definition) is 1. The van der Waals surface area contributed by atoms with Crippen molar-refractivity contribution in [1.29, 1.82) is 0 Å². The summed E-state index contributed by atoms with van der Waals surface area (Å²) in [6, 6.07) is 10.4. The van der Waals surface area contributed by atoms with Gasteiger partial charge in [-0.3, -0.25) is 4.99 Å². The van der Waals surface area contributed by atoms with Gasteiger partial charge in [-0.15, -0.1) is 0 Å². The summed E-state index contributed by atoms with van der Waals surface area (Å²) in [6.07, 6.45) is 12.5. The predicted molar refractivity (Wildman–Crippen MR) is 119 cm³/mol. The lowest BCUT2D eigenvalue weighted by molar-refractivity contribution is 0.576. The Bertz CT molecular complexity index is 1020. The zero-order chi connectivity index (χ0) is 19.3. The van der Waals surface area contributed by atoms with E-state index in [1.54, 1.807) is 6.20 Å². The minimum absolute atomic E-state index is 0.565. The number of halogens is 1. The number of aryl methyl sites for hydroxylation is 1. The Morgan fingerprint density at radius 3 is 3.07 bits per heavy atom. The molecule has 0 amide bonds. The van der Waals surface area contributed by atoms with Crippen LogP contribution < -0.4 is 5.32 Å². The molecule has 0 saturated carbocycles. The second kappa shape index (κ2) is 8.69. The lowest BCUT2D eigenvalue weighted by Crippen LogP contribution is -2.10. The maximum absolute atomic E-state index is 4.83. The topological polar surface area (TPSA) is 54.6 Å². The molecule has 1 aromatic carbocycles. The molecule has 0 saturated heterocycles. The molecular formula is C22H24BrN5. The van der Waals surface area contributed by atoms with E-state index in [-0.39, 0.29) is 0 Å². The molecule has 0 bridgehead atoms. The van der Waals surface area contributed by atoms with Crippen LogP contribution in [0.4, 0.5) is 5.82 Å². The summed E-state index contributed by atoms with van der Waals surface area (Å²) in [6.45, 7) is 3.00. The molecule has 28 heavy (non-hydrogen) atoms. The highest BCUT2D eigenvalue weighted by Crippen LogP contribution is 2.27. The van der Waals surface area contributed by atoms with E-state index in [9.17, 15) is 0 Å². The van der Waals surface area contributed by atoms with Crippen LogP contribution >= 0.6 is 15.9 Å². The first-order valence-electron chi connectivity index (χ1n) is 9.75. The molecule has 0 aliphatic carbocycles. The van der Waals surface area contributed by atoms with E-state index in [1.807, 2.05) is 10.7 Å². The molecule has 1 atom stereocenters. The van der Waals surface area contributed by atoms with Crippen LogP contribution in [0, 0.1) is 12.8 Å². The molecule has 0 spiro atoms. The molecule has 144 valence electrons. The van der Waals surface area contributed by atoms with Crippen LogP contribution in [-0.4, -0.2) is 27.4 Å². The third-order valence-electron chi connectivity index (χ3n) is 5.10. The Morgan fingerprint density at radius 2 is 2.18 bits per heavy atom. The quantitative estimate of drug-likeness (QED) is 0.506. The number of benzene rings is 1. The van der Waals surface area contributed by atoms with Gasteiger partial charge in [-0.05, 0) is 60.0 Å². The molecule has 3 heterocycles. The number of aromatic nitrogens is 3. The van der Waals surface area contributed by atoms with E-state index in [2.05, 4.69) is 80.9 Å². The normalized spacial score (nSPS) is 16.4. The van der Waals surface area contributed by atoms with Crippen molar-refractivity contribution in [3.8, 4) is 11.3 Å². The highest BCUT2D eigenvalue weighted by atomic mass is 79.9. The third-order valence-corrected chi connectivity index (χ3v) is 5.66. The van der Waals surface area contributed by atoms with Gasteiger partial charge in [-0.2, -0.15) is 9.61 Å². The van der Waals surface area contributed by atoms with E-state index in [0.717, 1.165) is 53.0 Å². The zero-order valence-electron chi connectivity index (χ0n) is 16.0. The van der Waals surface area contributed by atoms with Gasteiger partial charge >= 0.3 is 0 Å². The van der Waals surface area contributed by atoms with Gasteiger partial charge in [-0.25, -0.2) is 4.98 Å². The predicted octanol–water partition coefficient (Wildman–Crippen LogP) is 5.65. The van der Waals surface area contributed by atoms with Crippen LogP contribution in [0.25, 0.3) is 16.9 Å². The van der Waals surface area contributed by atoms with E-state index in [1.165, 1.54) is 12.0 Å². The van der Waals surface area contributed by atoms with Gasteiger partial charge in [0.15, 0.2) is 5.65 Å². The van der Waals surface area contributed by atoms with Crippen LogP contribution in [0.15, 0.2) is 58.3 Å². The molecule has 5 nitrogen and oxygen atoms in total. The van der Waals surface area contributed by atoms with Gasteiger partial charge in [0.1, 0.15) is 5.82 Å². The zero-order valence-corrected chi connectivity index (χ0v) is 17.6. The Kier molecular flexibility index (Phi) is 5.86. The van der Waals surface area contributed by atoms with Crippen molar-refractivity contribution in [2.75, 3.05) is 11.9 Å². The molecule has 0 radical (unpaired) electrons. The summed E-state index contributed by atoms with van der Waals surface area (Å²) in [5.74, 6) is 1.53. The maximum Gasteiger partial charge on any atom is 0.172 e. The molecule has 0 fully saturated rings. The Balaban J connectivity index is 1.52. The smallest absolute Gasteiger partial charge is 0.172 e. The number of anilines is 1. The Morgan fingerprint density at radius 1 is 1.29 bits per heavy atom. The molecule has 6 heteroatoms. The summed E-state index contributed by atoms with van der Waals surface area (Å²) >= 11 is 3.57. The number of aliphatic imine (C=N–C) groups is 1. The molecule has 1 aliphatic heterocycles. The van der Waals surface area contributed by atoms with Gasteiger partial charge in [0.05, 0.1) is 16.4 Å². The van der Waals surface area contributed by atoms with E-state index in [0.29, 0.717) is 5.92 Å². The highest BCUT2D eigenvalue weighted by Gasteiger charge is 2.13. The number of fused-ring (bicyclic) bond motifs is 1. The molecular weight excluding hydrogens is 414 g/mol. The largest absolute Gasteiger partial charge is 0.370 e. The number of allylic oxidation sites excluding steroid dienone is 1. The lowest BCUT2D eigenvalue weighted by atomic mass is 9.99. The fourth-order valence-corrected chi connectivity index (χ4v) is 3.90. The van der Waals surface area contributed by atoms with E-state index < -0.39 is 0 Å². The fourth-order valence-electron chi connectivity index (χ4n) is 3.55. The van der Waals surface area contributed by atoms with Crippen molar-refractivity contribution in [2.45, 2.75) is 32.6 Å². The highest BCUT2D eigenvalue weighted by molar-refractivity contribution is 9.10. The van der Waals surface area contributed by atoms with Crippen molar-refractivity contribution in [2.24, 2.45) is 10.9 Å². The van der Waals surface area contributed by atoms with Gasteiger partial charge in [-0.1, -0.05) is 30.3 Å². The van der Waals surface area contributed by atoms with Crippen molar-refractivity contribution in [3.63, 3.8) is 0 Å². The van der Waals surface area contributed by atoms with Gasteiger partial charge < -0.3 is 5.32 Å².